The molecule has 0 spiro atoms. The molecule has 3 heterocycles. The summed E-state index contributed by atoms with van der Waals surface area (Å²) in [5.41, 5.74) is 8.88. The third-order valence-corrected chi connectivity index (χ3v) is 16.3. The van der Waals surface area contributed by atoms with Crippen LogP contribution in [0.2, 0.25) is 0 Å². The fourth-order valence-electron chi connectivity index (χ4n) is 9.77. The average Bonchev–Trinajstić information content (AvgIpc) is 4.03. The molecular weight excluding hydrogens is 871 g/mol. The number of aromatic nitrogens is 3. The summed E-state index contributed by atoms with van der Waals surface area (Å²) >= 11 is 0. The number of hydrogen-bond acceptors (Lipinski definition) is 6. The van der Waals surface area contributed by atoms with Gasteiger partial charge in [0.25, 0.3) is 0 Å². The monoisotopic (exact) mass is 903 g/mol. The van der Waals surface area contributed by atoms with Crippen molar-refractivity contribution in [1.29, 1.82) is 10.5 Å². The van der Waals surface area contributed by atoms with Gasteiger partial charge in [0, 0.05) is 49.4 Å². The van der Waals surface area contributed by atoms with Gasteiger partial charge < -0.3 is 13.7 Å². The zero-order valence-corrected chi connectivity index (χ0v) is 36.9. The molecule has 9 nitrogen and oxygen atoms in total. The fraction of sp³-hybridized carbons (Fsp3) is 0. The van der Waals surface area contributed by atoms with Gasteiger partial charge in [-0.05, 0) is 127 Å². The highest BCUT2D eigenvalue weighted by Gasteiger charge is 2.29. The lowest BCUT2D eigenvalue weighted by molar-refractivity contribution is 0.594. The molecule has 12 aromatic rings. The molecule has 0 aliphatic rings. The molecule has 0 unspecified atom stereocenters. The predicted molar refractivity (Wildman–Crippen MR) is 263 cm³/mol. The van der Waals surface area contributed by atoms with E-state index in [4.69, 9.17) is 0 Å². The standard InChI is InChI=1S/C56H33N5O4S2/c57-34-36-18-26-41(27-19-36)66(62,63)43-30-22-39(23-31-43)60-49-16-8-5-13-46(49)52-54-51(45-12-4-7-15-48(45)59(54)38-10-2-1-3-11-38)55-53(56(52)60)47-14-6-9-17-50(47)61(55)40-24-32-44(33-25-40)67(64,65)42-28-20-37(35-58)21-29-42/h1-33H. The van der Waals surface area contributed by atoms with Crippen molar-refractivity contribution in [3.05, 3.63) is 211 Å². The summed E-state index contributed by atoms with van der Waals surface area (Å²) < 4.78 is 62.6. The van der Waals surface area contributed by atoms with Crippen LogP contribution < -0.4 is 0 Å². The third kappa shape index (κ3) is 5.89. The van der Waals surface area contributed by atoms with E-state index in [2.05, 4.69) is 68.3 Å². The molecule has 0 aliphatic carbocycles. The summed E-state index contributed by atoms with van der Waals surface area (Å²) in [5.74, 6) is 0. The van der Waals surface area contributed by atoms with E-state index >= 15 is 0 Å². The van der Waals surface area contributed by atoms with Crippen LogP contribution >= 0.6 is 0 Å². The molecule has 3 aromatic heterocycles. The second-order valence-corrected chi connectivity index (χ2v) is 20.2. The Morgan fingerprint density at radius 3 is 0.896 bits per heavy atom. The van der Waals surface area contributed by atoms with Crippen molar-refractivity contribution in [3.8, 4) is 29.2 Å². The van der Waals surface area contributed by atoms with Gasteiger partial charge >= 0.3 is 0 Å². The highest BCUT2D eigenvalue weighted by Crippen LogP contribution is 2.50. The zero-order valence-electron chi connectivity index (χ0n) is 35.2. The number of sulfone groups is 2. The maximum Gasteiger partial charge on any atom is 0.206 e. The van der Waals surface area contributed by atoms with Crippen LogP contribution in [-0.2, 0) is 19.7 Å². The molecule has 12 rings (SSSR count). The number of nitriles is 2. The van der Waals surface area contributed by atoms with Crippen LogP contribution in [0.25, 0.3) is 82.5 Å². The normalized spacial score (nSPS) is 12.1. The molecule has 9 aromatic carbocycles. The van der Waals surface area contributed by atoms with Gasteiger partial charge in [-0.1, -0.05) is 72.8 Å². The Morgan fingerprint density at radius 2 is 0.582 bits per heavy atom. The SMILES string of the molecule is N#Cc1ccc(S(=O)(=O)c2ccc(-n3c4ccccc4c4c5c(c6ccccc6n5-c5ccccc5)c5c(c6ccccc6n5-c5ccc(S(=O)(=O)c6ccc(C#N)cc6)cc5)c43)cc2)cc1. The molecule has 11 heteroatoms. The molecule has 0 amide bonds. The highest BCUT2D eigenvalue weighted by molar-refractivity contribution is 7.91. The number of para-hydroxylation sites is 4. The first-order chi connectivity index (χ1) is 32.7. The van der Waals surface area contributed by atoms with Crippen LogP contribution in [-0.4, -0.2) is 30.5 Å². The molecule has 318 valence electrons. The molecule has 0 saturated carbocycles. The van der Waals surface area contributed by atoms with Crippen molar-refractivity contribution >= 4 is 85.1 Å². The Hall–Kier alpha value is -8.74. The van der Waals surface area contributed by atoms with Crippen LogP contribution in [0.15, 0.2) is 220 Å². The Bertz CT molecular complexity index is 4170. The minimum Gasteiger partial charge on any atom is -0.308 e. The number of fused-ring (bicyclic) bond motifs is 12. The summed E-state index contributed by atoms with van der Waals surface area (Å²) in [6.45, 7) is 0. The molecule has 0 atom stereocenters. The van der Waals surface area contributed by atoms with E-state index in [1.165, 1.54) is 48.5 Å². The molecule has 0 fully saturated rings. The number of nitrogens with zero attached hydrogens (tertiary/aromatic N) is 5. The molecular formula is C56H33N5O4S2. The quantitative estimate of drug-likeness (QED) is 0.156. The van der Waals surface area contributed by atoms with Gasteiger partial charge in [-0.15, -0.1) is 0 Å². The molecule has 67 heavy (non-hydrogen) atoms. The largest absolute Gasteiger partial charge is 0.308 e. The van der Waals surface area contributed by atoms with Crippen molar-refractivity contribution in [1.82, 2.24) is 13.7 Å². The first-order valence-electron chi connectivity index (χ1n) is 21.4. The zero-order chi connectivity index (χ0) is 45.6. The van der Waals surface area contributed by atoms with Gasteiger partial charge in [0.05, 0.1) is 75.9 Å². The molecule has 0 radical (unpaired) electrons. The van der Waals surface area contributed by atoms with Crippen LogP contribution in [0.3, 0.4) is 0 Å². The summed E-state index contributed by atoms with van der Waals surface area (Å²) in [4.78, 5) is 0.447. The molecule has 0 bridgehead atoms. The maximum atomic E-state index is 14.0. The van der Waals surface area contributed by atoms with Crippen molar-refractivity contribution in [2.45, 2.75) is 19.6 Å². The van der Waals surface area contributed by atoms with Gasteiger partial charge in [0.2, 0.25) is 19.7 Å². The number of hydrogen-bond donors (Lipinski definition) is 0. The van der Waals surface area contributed by atoms with Crippen molar-refractivity contribution in [3.63, 3.8) is 0 Å². The first-order valence-corrected chi connectivity index (χ1v) is 24.3. The Morgan fingerprint density at radius 1 is 0.313 bits per heavy atom. The third-order valence-electron chi connectivity index (χ3n) is 12.7. The van der Waals surface area contributed by atoms with Crippen molar-refractivity contribution in [2.24, 2.45) is 0 Å². The lowest BCUT2D eigenvalue weighted by Gasteiger charge is -2.14. The maximum absolute atomic E-state index is 14.0. The summed E-state index contributed by atoms with van der Waals surface area (Å²) in [6.07, 6.45) is 0. The van der Waals surface area contributed by atoms with Gasteiger partial charge in [-0.2, -0.15) is 10.5 Å². The highest BCUT2D eigenvalue weighted by atomic mass is 32.2. The van der Waals surface area contributed by atoms with E-state index in [0.717, 1.165) is 82.5 Å². The van der Waals surface area contributed by atoms with Crippen LogP contribution in [0.5, 0.6) is 0 Å². The predicted octanol–water partition coefficient (Wildman–Crippen LogP) is 12.4. The summed E-state index contributed by atoms with van der Waals surface area (Å²) in [7, 11) is -7.82. The Kier molecular flexibility index (Phi) is 8.86. The summed E-state index contributed by atoms with van der Waals surface area (Å²) in [6, 6.07) is 65.1. The number of benzene rings is 9. The Labute approximate surface area is 384 Å². The second-order valence-electron chi connectivity index (χ2n) is 16.3. The van der Waals surface area contributed by atoms with E-state index < -0.39 is 19.7 Å². The van der Waals surface area contributed by atoms with E-state index in [-0.39, 0.29) is 19.6 Å². The second kappa shape index (κ2) is 14.9. The average molecular weight is 904 g/mol. The molecule has 0 aliphatic heterocycles. The minimum atomic E-state index is -3.91. The smallest absolute Gasteiger partial charge is 0.206 e. The minimum absolute atomic E-state index is 0.0988. The van der Waals surface area contributed by atoms with Gasteiger partial charge in [0.1, 0.15) is 0 Å². The topological polar surface area (TPSA) is 131 Å². The fourth-order valence-corrected chi connectivity index (χ4v) is 12.3. The van der Waals surface area contributed by atoms with Gasteiger partial charge in [-0.3, -0.25) is 0 Å². The first kappa shape index (κ1) is 39.8. The van der Waals surface area contributed by atoms with E-state index in [9.17, 15) is 27.4 Å². The molecule has 0 saturated heterocycles. The van der Waals surface area contributed by atoms with Crippen LogP contribution in [0.4, 0.5) is 0 Å². The Balaban J connectivity index is 1.21. The van der Waals surface area contributed by atoms with Gasteiger partial charge in [0.15, 0.2) is 0 Å². The van der Waals surface area contributed by atoms with Crippen molar-refractivity contribution < 1.29 is 16.8 Å². The summed E-state index contributed by atoms with van der Waals surface area (Å²) in [5, 5.41) is 24.7. The van der Waals surface area contributed by atoms with E-state index in [0.29, 0.717) is 11.1 Å². The van der Waals surface area contributed by atoms with Crippen molar-refractivity contribution in [2.75, 3.05) is 0 Å². The number of rotatable bonds is 7. The lowest BCUT2D eigenvalue weighted by Crippen LogP contribution is -2.03. The van der Waals surface area contributed by atoms with E-state index in [1.54, 1.807) is 24.3 Å². The van der Waals surface area contributed by atoms with E-state index in [1.807, 2.05) is 84.9 Å². The van der Waals surface area contributed by atoms with Gasteiger partial charge in [-0.25, -0.2) is 16.8 Å². The van der Waals surface area contributed by atoms with Crippen LogP contribution in [0, 0.1) is 22.7 Å². The lowest BCUT2D eigenvalue weighted by atomic mass is 10.0. The van der Waals surface area contributed by atoms with Crippen LogP contribution in [0.1, 0.15) is 11.1 Å². The molecule has 0 N–H and O–H groups in total.